The standard InChI is InChI=1S/C12H18N2O3S/c1-8-9(15)13-11(17)14(10(8)16)7-12(18-2)5-3-4-6-12/h8H,3-7H2,1-2H3,(H,13,15,17). The monoisotopic (exact) mass is 270 g/mol. The number of rotatable bonds is 3. The molecule has 0 aromatic rings. The van der Waals surface area contributed by atoms with Crippen molar-refractivity contribution in [1.82, 2.24) is 10.2 Å². The van der Waals surface area contributed by atoms with E-state index < -0.39 is 17.9 Å². The Balaban J connectivity index is 2.14. The number of hydrogen-bond donors (Lipinski definition) is 1. The summed E-state index contributed by atoms with van der Waals surface area (Å²) in [6, 6.07) is -0.566. The maximum absolute atomic E-state index is 12.0. The molecule has 2 rings (SSSR count). The Labute approximate surface area is 111 Å². The lowest BCUT2D eigenvalue weighted by molar-refractivity contribution is -0.142. The summed E-state index contributed by atoms with van der Waals surface area (Å²) >= 11 is 1.72. The number of amides is 4. The van der Waals surface area contributed by atoms with Crippen molar-refractivity contribution >= 4 is 29.6 Å². The van der Waals surface area contributed by atoms with E-state index in [1.54, 1.807) is 11.8 Å². The number of hydrogen-bond acceptors (Lipinski definition) is 4. The molecular weight excluding hydrogens is 252 g/mol. The van der Waals surface area contributed by atoms with Crippen molar-refractivity contribution in [2.75, 3.05) is 12.8 Å². The lowest BCUT2D eigenvalue weighted by Crippen LogP contribution is -2.59. The summed E-state index contributed by atoms with van der Waals surface area (Å²) in [5.74, 6) is -1.63. The number of barbiturate groups is 1. The second-order valence-electron chi connectivity index (χ2n) is 5.03. The highest BCUT2D eigenvalue weighted by atomic mass is 32.2. The molecular formula is C12H18N2O3S. The normalized spacial score (nSPS) is 27.6. The van der Waals surface area contributed by atoms with Gasteiger partial charge in [-0.05, 0) is 26.0 Å². The van der Waals surface area contributed by atoms with Crippen LogP contribution in [-0.4, -0.2) is 40.3 Å². The molecule has 1 saturated heterocycles. The largest absolute Gasteiger partial charge is 0.330 e. The van der Waals surface area contributed by atoms with Crippen molar-refractivity contribution in [3.63, 3.8) is 0 Å². The summed E-state index contributed by atoms with van der Waals surface area (Å²) in [6.45, 7) is 1.95. The summed E-state index contributed by atoms with van der Waals surface area (Å²) in [6.07, 6.45) is 6.34. The summed E-state index contributed by atoms with van der Waals surface area (Å²) in [5.41, 5.74) is 0. The summed E-state index contributed by atoms with van der Waals surface area (Å²) in [7, 11) is 0. The summed E-state index contributed by atoms with van der Waals surface area (Å²) < 4.78 is -0.0207. The van der Waals surface area contributed by atoms with Gasteiger partial charge in [0.1, 0.15) is 5.92 Å². The third-order valence-electron chi connectivity index (χ3n) is 3.90. The van der Waals surface area contributed by atoms with Crippen LogP contribution < -0.4 is 5.32 Å². The van der Waals surface area contributed by atoms with Crippen LogP contribution in [0.2, 0.25) is 0 Å². The van der Waals surface area contributed by atoms with E-state index in [1.165, 1.54) is 11.8 Å². The fraction of sp³-hybridized carbons (Fsp3) is 0.750. The molecule has 1 saturated carbocycles. The van der Waals surface area contributed by atoms with Gasteiger partial charge >= 0.3 is 6.03 Å². The van der Waals surface area contributed by atoms with Gasteiger partial charge in [0.15, 0.2) is 0 Å². The first-order chi connectivity index (χ1) is 8.49. The van der Waals surface area contributed by atoms with E-state index in [0.29, 0.717) is 6.54 Å². The smallest absolute Gasteiger partial charge is 0.277 e. The van der Waals surface area contributed by atoms with Gasteiger partial charge in [-0.2, -0.15) is 11.8 Å². The lowest BCUT2D eigenvalue weighted by Gasteiger charge is -2.36. The van der Waals surface area contributed by atoms with Gasteiger partial charge in [-0.1, -0.05) is 12.8 Å². The molecule has 0 radical (unpaired) electrons. The summed E-state index contributed by atoms with van der Waals surface area (Å²) in [5, 5.41) is 2.24. The molecule has 4 amide bonds. The SMILES string of the molecule is CSC1(CN2C(=O)NC(=O)C(C)C2=O)CCCC1. The van der Waals surface area contributed by atoms with Crippen molar-refractivity contribution in [2.24, 2.45) is 5.92 Å². The minimum atomic E-state index is -0.761. The fourth-order valence-corrected chi connectivity index (χ4v) is 3.57. The van der Waals surface area contributed by atoms with Crippen LogP contribution in [0, 0.1) is 5.92 Å². The number of nitrogens with one attached hydrogen (secondary N) is 1. The number of imide groups is 2. The predicted molar refractivity (Wildman–Crippen MR) is 69.1 cm³/mol. The minimum Gasteiger partial charge on any atom is -0.277 e. The van der Waals surface area contributed by atoms with Gasteiger partial charge in [0.2, 0.25) is 11.8 Å². The Bertz CT molecular complexity index is 391. The van der Waals surface area contributed by atoms with Crippen molar-refractivity contribution in [3.8, 4) is 0 Å². The van der Waals surface area contributed by atoms with Gasteiger partial charge in [-0.3, -0.25) is 19.8 Å². The molecule has 1 atom stereocenters. The molecule has 1 heterocycles. The van der Waals surface area contributed by atoms with Crippen molar-refractivity contribution < 1.29 is 14.4 Å². The molecule has 1 unspecified atom stereocenters. The molecule has 0 spiro atoms. The van der Waals surface area contributed by atoms with Gasteiger partial charge in [-0.15, -0.1) is 0 Å². The predicted octanol–water partition coefficient (Wildman–Crippen LogP) is 1.38. The zero-order valence-corrected chi connectivity index (χ0v) is 11.5. The molecule has 5 nitrogen and oxygen atoms in total. The highest BCUT2D eigenvalue weighted by Gasteiger charge is 2.43. The van der Waals surface area contributed by atoms with Crippen LogP contribution in [0.5, 0.6) is 0 Å². The average molecular weight is 270 g/mol. The number of nitrogens with zero attached hydrogens (tertiary/aromatic N) is 1. The van der Waals surface area contributed by atoms with E-state index in [1.807, 2.05) is 6.26 Å². The first-order valence-corrected chi connectivity index (χ1v) is 7.43. The maximum Gasteiger partial charge on any atom is 0.330 e. The van der Waals surface area contributed by atoms with Crippen LogP contribution in [0.15, 0.2) is 0 Å². The van der Waals surface area contributed by atoms with E-state index in [-0.39, 0.29) is 10.7 Å². The van der Waals surface area contributed by atoms with Crippen LogP contribution in [0.3, 0.4) is 0 Å². The number of carbonyl (C=O) groups excluding carboxylic acids is 3. The molecule has 0 bridgehead atoms. The zero-order valence-electron chi connectivity index (χ0n) is 10.7. The molecule has 2 fully saturated rings. The second-order valence-corrected chi connectivity index (χ2v) is 6.31. The Hall–Kier alpha value is -1.04. The molecule has 1 aliphatic heterocycles. The van der Waals surface area contributed by atoms with E-state index >= 15 is 0 Å². The van der Waals surface area contributed by atoms with Crippen LogP contribution >= 0.6 is 11.8 Å². The Morgan fingerprint density at radius 3 is 2.50 bits per heavy atom. The van der Waals surface area contributed by atoms with E-state index in [4.69, 9.17) is 0 Å². The fourth-order valence-electron chi connectivity index (χ4n) is 2.61. The molecule has 100 valence electrons. The van der Waals surface area contributed by atoms with Crippen LogP contribution in [0.4, 0.5) is 4.79 Å². The van der Waals surface area contributed by atoms with E-state index in [2.05, 4.69) is 5.32 Å². The summed E-state index contributed by atoms with van der Waals surface area (Å²) in [4.78, 5) is 36.4. The molecule has 18 heavy (non-hydrogen) atoms. The molecule has 2 aliphatic rings. The van der Waals surface area contributed by atoms with Gasteiger partial charge in [0, 0.05) is 11.3 Å². The second kappa shape index (κ2) is 4.91. The van der Waals surface area contributed by atoms with Crippen LogP contribution in [0.25, 0.3) is 0 Å². The van der Waals surface area contributed by atoms with Gasteiger partial charge in [-0.25, -0.2) is 4.79 Å². The quantitative estimate of drug-likeness (QED) is 0.787. The number of carbonyl (C=O) groups is 3. The molecule has 6 heteroatoms. The zero-order chi connectivity index (χ0) is 13.3. The van der Waals surface area contributed by atoms with Crippen molar-refractivity contribution in [2.45, 2.75) is 37.4 Å². The van der Waals surface area contributed by atoms with Gasteiger partial charge < -0.3 is 0 Å². The first kappa shape index (κ1) is 13.4. The maximum atomic E-state index is 12.0. The molecule has 1 N–H and O–H groups in total. The Morgan fingerprint density at radius 2 is 1.94 bits per heavy atom. The Kier molecular flexibility index (Phi) is 3.66. The van der Waals surface area contributed by atoms with Gasteiger partial charge in [0.05, 0.1) is 0 Å². The van der Waals surface area contributed by atoms with Crippen molar-refractivity contribution in [1.29, 1.82) is 0 Å². The highest BCUT2D eigenvalue weighted by Crippen LogP contribution is 2.41. The van der Waals surface area contributed by atoms with Gasteiger partial charge in [0.25, 0.3) is 0 Å². The topological polar surface area (TPSA) is 66.5 Å². The molecule has 0 aromatic heterocycles. The third-order valence-corrected chi connectivity index (χ3v) is 5.30. The molecule has 1 aliphatic carbocycles. The first-order valence-electron chi connectivity index (χ1n) is 6.20. The minimum absolute atomic E-state index is 0.0207. The average Bonchev–Trinajstić information content (AvgIpc) is 2.81. The molecule has 0 aromatic carbocycles. The van der Waals surface area contributed by atoms with E-state index in [9.17, 15) is 14.4 Å². The number of thioether (sulfide) groups is 1. The van der Waals surface area contributed by atoms with Crippen LogP contribution in [-0.2, 0) is 9.59 Å². The number of urea groups is 1. The lowest BCUT2D eigenvalue weighted by atomic mass is 10.0. The van der Waals surface area contributed by atoms with Crippen LogP contribution in [0.1, 0.15) is 32.6 Å². The third kappa shape index (κ3) is 2.25. The van der Waals surface area contributed by atoms with E-state index in [0.717, 1.165) is 25.7 Å². The highest BCUT2D eigenvalue weighted by molar-refractivity contribution is 8.00. The van der Waals surface area contributed by atoms with Crippen molar-refractivity contribution in [3.05, 3.63) is 0 Å². The Morgan fingerprint density at radius 1 is 1.33 bits per heavy atom.